The smallest absolute Gasteiger partial charge is 0.270 e. The van der Waals surface area contributed by atoms with Gasteiger partial charge >= 0.3 is 0 Å². The van der Waals surface area contributed by atoms with Crippen LogP contribution in [0.3, 0.4) is 0 Å². The standard InChI is InChI=1S/C22H31N5O3/c23-21(28)20-16-19(24-27(20)18-4-2-1-3-5-18)22(29)26-10-7-17(8-11-26)6-9-25-12-14-30-15-13-25/h1-5,17,20H,6-16H2,(H2,23,28). The first-order valence-electron chi connectivity index (χ1n) is 10.9. The molecule has 0 bridgehead atoms. The van der Waals surface area contributed by atoms with Crippen molar-refractivity contribution in [1.29, 1.82) is 0 Å². The Morgan fingerprint density at radius 2 is 1.77 bits per heavy atom. The third kappa shape index (κ3) is 4.82. The van der Waals surface area contributed by atoms with Crippen molar-refractivity contribution in [2.24, 2.45) is 16.8 Å². The number of rotatable bonds is 6. The van der Waals surface area contributed by atoms with E-state index in [2.05, 4.69) is 10.0 Å². The van der Waals surface area contributed by atoms with Crippen molar-refractivity contribution in [2.75, 3.05) is 50.9 Å². The van der Waals surface area contributed by atoms with Crippen LogP contribution in [0.5, 0.6) is 0 Å². The minimum Gasteiger partial charge on any atom is -0.379 e. The summed E-state index contributed by atoms with van der Waals surface area (Å²) >= 11 is 0. The minimum atomic E-state index is -0.614. The number of hydrazone groups is 1. The Morgan fingerprint density at radius 3 is 2.43 bits per heavy atom. The van der Waals surface area contributed by atoms with Gasteiger partial charge in [0.25, 0.3) is 5.91 Å². The Labute approximate surface area is 177 Å². The summed E-state index contributed by atoms with van der Waals surface area (Å²) in [6.07, 6.45) is 3.48. The van der Waals surface area contributed by atoms with E-state index in [4.69, 9.17) is 10.5 Å². The van der Waals surface area contributed by atoms with Crippen molar-refractivity contribution >= 4 is 23.2 Å². The number of morpholine rings is 1. The van der Waals surface area contributed by atoms with E-state index in [1.54, 1.807) is 5.01 Å². The second kappa shape index (κ2) is 9.57. The molecule has 8 heteroatoms. The summed E-state index contributed by atoms with van der Waals surface area (Å²) < 4.78 is 5.41. The Kier molecular flexibility index (Phi) is 6.64. The molecule has 3 heterocycles. The zero-order chi connectivity index (χ0) is 20.9. The average molecular weight is 414 g/mol. The SMILES string of the molecule is NC(=O)C1CC(C(=O)N2CCC(CCN3CCOCC3)CC2)=NN1c1ccccc1. The van der Waals surface area contributed by atoms with Crippen LogP contribution < -0.4 is 10.7 Å². The topological polar surface area (TPSA) is 91.5 Å². The van der Waals surface area contributed by atoms with Gasteiger partial charge in [0.05, 0.1) is 18.9 Å². The summed E-state index contributed by atoms with van der Waals surface area (Å²) in [5.74, 6) is 0.125. The second-order valence-electron chi connectivity index (χ2n) is 8.33. The monoisotopic (exact) mass is 413 g/mol. The third-order valence-electron chi connectivity index (χ3n) is 6.37. The molecule has 0 aliphatic carbocycles. The van der Waals surface area contributed by atoms with Gasteiger partial charge in [-0.15, -0.1) is 0 Å². The van der Waals surface area contributed by atoms with Crippen LogP contribution in [0.2, 0.25) is 0 Å². The van der Waals surface area contributed by atoms with E-state index in [0.717, 1.165) is 64.5 Å². The number of hydrogen-bond donors (Lipinski definition) is 1. The lowest BCUT2D eigenvalue weighted by Gasteiger charge is -2.34. The lowest BCUT2D eigenvalue weighted by Crippen LogP contribution is -2.43. The number of anilines is 1. The number of para-hydroxylation sites is 1. The number of carbonyl (C=O) groups excluding carboxylic acids is 2. The lowest BCUT2D eigenvalue weighted by molar-refractivity contribution is -0.125. The molecule has 0 spiro atoms. The molecule has 1 unspecified atom stereocenters. The zero-order valence-electron chi connectivity index (χ0n) is 17.4. The number of carbonyl (C=O) groups is 2. The van der Waals surface area contributed by atoms with Crippen LogP contribution >= 0.6 is 0 Å². The van der Waals surface area contributed by atoms with E-state index in [1.165, 1.54) is 6.42 Å². The summed E-state index contributed by atoms with van der Waals surface area (Å²) in [6, 6.07) is 8.78. The van der Waals surface area contributed by atoms with Crippen molar-refractivity contribution in [3.63, 3.8) is 0 Å². The van der Waals surface area contributed by atoms with Gasteiger partial charge in [0, 0.05) is 32.6 Å². The second-order valence-corrected chi connectivity index (χ2v) is 8.33. The van der Waals surface area contributed by atoms with Gasteiger partial charge in [-0.2, -0.15) is 5.10 Å². The maximum atomic E-state index is 13.1. The van der Waals surface area contributed by atoms with Gasteiger partial charge in [-0.1, -0.05) is 18.2 Å². The van der Waals surface area contributed by atoms with Crippen LogP contribution in [-0.2, 0) is 14.3 Å². The molecule has 4 rings (SSSR count). The van der Waals surface area contributed by atoms with E-state index >= 15 is 0 Å². The molecular formula is C22H31N5O3. The maximum absolute atomic E-state index is 13.1. The number of amides is 2. The predicted octanol–water partition coefficient (Wildman–Crippen LogP) is 1.07. The molecular weight excluding hydrogens is 382 g/mol. The Balaban J connectivity index is 1.31. The fraction of sp³-hybridized carbons (Fsp3) is 0.591. The van der Waals surface area contributed by atoms with Crippen LogP contribution in [0.1, 0.15) is 25.7 Å². The molecule has 30 heavy (non-hydrogen) atoms. The van der Waals surface area contributed by atoms with Gasteiger partial charge in [0.15, 0.2) is 0 Å². The number of likely N-dealkylation sites (tertiary alicyclic amines) is 1. The van der Waals surface area contributed by atoms with Gasteiger partial charge < -0.3 is 15.4 Å². The summed E-state index contributed by atoms with van der Waals surface area (Å²) in [5.41, 5.74) is 6.78. The Bertz CT molecular complexity index is 770. The molecule has 162 valence electrons. The molecule has 2 amide bonds. The van der Waals surface area contributed by atoms with Gasteiger partial charge in [0.1, 0.15) is 11.8 Å². The van der Waals surface area contributed by atoms with E-state index in [0.29, 0.717) is 11.6 Å². The summed E-state index contributed by atoms with van der Waals surface area (Å²) in [6.45, 7) is 6.33. The molecule has 8 nitrogen and oxygen atoms in total. The van der Waals surface area contributed by atoms with Crippen molar-refractivity contribution < 1.29 is 14.3 Å². The number of ether oxygens (including phenoxy) is 1. The zero-order valence-corrected chi connectivity index (χ0v) is 17.4. The fourth-order valence-electron chi connectivity index (χ4n) is 4.48. The normalized spacial score (nSPS) is 23.5. The molecule has 1 aromatic rings. The average Bonchev–Trinajstić information content (AvgIpc) is 3.25. The highest BCUT2D eigenvalue weighted by molar-refractivity contribution is 6.40. The highest BCUT2D eigenvalue weighted by Gasteiger charge is 2.37. The van der Waals surface area contributed by atoms with Crippen LogP contribution in [0.15, 0.2) is 35.4 Å². The third-order valence-corrected chi connectivity index (χ3v) is 6.37. The Morgan fingerprint density at radius 1 is 1.07 bits per heavy atom. The van der Waals surface area contributed by atoms with E-state index in [-0.39, 0.29) is 12.3 Å². The highest BCUT2D eigenvalue weighted by Crippen LogP contribution is 2.26. The molecule has 1 aromatic carbocycles. The maximum Gasteiger partial charge on any atom is 0.270 e. The lowest BCUT2D eigenvalue weighted by atomic mass is 9.93. The molecule has 0 saturated carbocycles. The van der Waals surface area contributed by atoms with Crippen molar-refractivity contribution in [1.82, 2.24) is 9.80 Å². The number of benzene rings is 1. The number of nitrogens with zero attached hydrogens (tertiary/aromatic N) is 4. The summed E-state index contributed by atoms with van der Waals surface area (Å²) in [7, 11) is 0. The van der Waals surface area contributed by atoms with Crippen molar-refractivity contribution in [3.05, 3.63) is 30.3 Å². The van der Waals surface area contributed by atoms with Crippen molar-refractivity contribution in [3.8, 4) is 0 Å². The number of nitrogens with two attached hydrogens (primary N) is 1. The van der Waals surface area contributed by atoms with Crippen LogP contribution in [0.25, 0.3) is 0 Å². The molecule has 3 aliphatic heterocycles. The Hall–Kier alpha value is -2.45. The first-order chi connectivity index (χ1) is 14.6. The van der Waals surface area contributed by atoms with Gasteiger partial charge in [-0.25, -0.2) is 0 Å². The van der Waals surface area contributed by atoms with E-state index in [9.17, 15) is 9.59 Å². The van der Waals surface area contributed by atoms with Crippen molar-refractivity contribution in [2.45, 2.75) is 31.7 Å². The number of hydrogen-bond acceptors (Lipinski definition) is 6. The van der Waals surface area contributed by atoms with E-state index in [1.807, 2.05) is 35.2 Å². The van der Waals surface area contributed by atoms with Gasteiger partial charge in [-0.05, 0) is 43.9 Å². The van der Waals surface area contributed by atoms with Crippen LogP contribution in [0, 0.1) is 5.92 Å². The molecule has 1 atom stereocenters. The first-order valence-corrected chi connectivity index (χ1v) is 10.9. The minimum absolute atomic E-state index is 0.0636. The van der Waals surface area contributed by atoms with Crippen LogP contribution in [-0.4, -0.2) is 79.3 Å². The molecule has 2 saturated heterocycles. The molecule has 0 radical (unpaired) electrons. The quantitative estimate of drug-likeness (QED) is 0.753. The van der Waals surface area contributed by atoms with Gasteiger partial charge in [0.2, 0.25) is 5.91 Å². The predicted molar refractivity (Wildman–Crippen MR) is 115 cm³/mol. The first kappa shape index (κ1) is 20.8. The molecule has 2 fully saturated rings. The number of primary amides is 1. The number of piperidine rings is 1. The summed E-state index contributed by atoms with van der Waals surface area (Å²) in [5, 5.41) is 6.08. The molecule has 0 aromatic heterocycles. The fourth-order valence-corrected chi connectivity index (χ4v) is 4.48. The van der Waals surface area contributed by atoms with Crippen LogP contribution in [0.4, 0.5) is 5.69 Å². The molecule has 2 N–H and O–H groups in total. The van der Waals surface area contributed by atoms with Gasteiger partial charge in [-0.3, -0.25) is 19.5 Å². The van der Waals surface area contributed by atoms with E-state index < -0.39 is 11.9 Å². The molecule has 3 aliphatic rings. The largest absolute Gasteiger partial charge is 0.379 e. The summed E-state index contributed by atoms with van der Waals surface area (Å²) in [4.78, 5) is 29.4. The highest BCUT2D eigenvalue weighted by atomic mass is 16.5.